The fourth-order valence-corrected chi connectivity index (χ4v) is 8.74. The van der Waals surface area contributed by atoms with Crippen LogP contribution in [0.25, 0.3) is 0 Å². The van der Waals surface area contributed by atoms with E-state index in [-0.39, 0.29) is 29.7 Å². The molecular weight excluding hydrogens is 604 g/mol. The highest BCUT2D eigenvalue weighted by atomic mass is 16.6. The van der Waals surface area contributed by atoms with Crippen molar-refractivity contribution in [3.05, 3.63) is 82.9 Å². The Morgan fingerprint density at radius 2 is 1.49 bits per heavy atom. The molecule has 2 bridgehead atoms. The number of fused-ring (bicyclic) bond motifs is 5. The number of esters is 3. The van der Waals surface area contributed by atoms with Gasteiger partial charge in [0, 0.05) is 24.2 Å². The number of aliphatic hydroxyl groups is 2. The van der Waals surface area contributed by atoms with Gasteiger partial charge in [0.05, 0.1) is 29.8 Å². The van der Waals surface area contributed by atoms with Crippen molar-refractivity contribution in [3.63, 3.8) is 0 Å². The van der Waals surface area contributed by atoms with Crippen molar-refractivity contribution in [2.75, 3.05) is 6.61 Å². The first-order valence-electron chi connectivity index (χ1n) is 16.1. The monoisotopic (exact) mass is 646 g/mol. The molecule has 0 aromatic heterocycles. The Kier molecular flexibility index (Phi) is 8.01. The highest BCUT2D eigenvalue weighted by molar-refractivity contribution is 5.95. The lowest BCUT2D eigenvalue weighted by atomic mass is 9.43. The van der Waals surface area contributed by atoms with E-state index >= 15 is 4.79 Å². The van der Waals surface area contributed by atoms with Gasteiger partial charge in [-0.3, -0.25) is 9.59 Å². The molecule has 2 saturated carbocycles. The average molecular weight is 647 g/mol. The van der Waals surface area contributed by atoms with Gasteiger partial charge >= 0.3 is 17.9 Å². The second-order valence-corrected chi connectivity index (χ2v) is 14.3. The molecule has 1 aliphatic heterocycles. The van der Waals surface area contributed by atoms with Crippen molar-refractivity contribution in [2.24, 2.45) is 22.7 Å². The standard InChI is InChI=1S/C37H42O10/c1-20-17-26-36(19-44-26,47-33(42)24-15-11-8-12-16-24)29-31(46-32(41)23-13-9-7-10-14-23)37(43)18-25(39)21(2)27(34(37,4)5)28(45-22(3)38)30(40)35(20,29)6/h7-16,20,25-26,28-29,31,39,43H,17-19H2,1-6H3. The van der Waals surface area contributed by atoms with Crippen LogP contribution in [-0.4, -0.2) is 76.1 Å². The summed E-state index contributed by atoms with van der Waals surface area (Å²) >= 11 is 0. The lowest BCUT2D eigenvalue weighted by molar-refractivity contribution is -0.335. The summed E-state index contributed by atoms with van der Waals surface area (Å²) in [4.78, 5) is 55.6. The minimum absolute atomic E-state index is 0.130. The SMILES string of the molecule is CC(=O)OC1C(=O)C2(C)C(C)CC3OCC3(OC(=O)c3ccccc3)C2C(OC(=O)c2ccccc2)C2(O)CC(O)C(C)=C1C2(C)C. The zero-order chi connectivity index (χ0) is 34.1. The van der Waals surface area contributed by atoms with Crippen LogP contribution >= 0.6 is 0 Å². The van der Waals surface area contributed by atoms with Crippen molar-refractivity contribution < 1.29 is 48.3 Å². The van der Waals surface area contributed by atoms with Gasteiger partial charge in [-0.25, -0.2) is 9.59 Å². The number of ether oxygens (including phenoxy) is 4. The number of hydrogen-bond donors (Lipinski definition) is 2. The molecule has 10 nitrogen and oxygen atoms in total. The highest BCUT2D eigenvalue weighted by Crippen LogP contribution is 2.65. The summed E-state index contributed by atoms with van der Waals surface area (Å²) in [6.07, 6.45) is -4.89. The third-order valence-corrected chi connectivity index (χ3v) is 11.6. The quantitative estimate of drug-likeness (QED) is 0.275. The van der Waals surface area contributed by atoms with Gasteiger partial charge in [0.1, 0.15) is 17.8 Å². The van der Waals surface area contributed by atoms with E-state index in [4.69, 9.17) is 18.9 Å². The number of Topliss-reactive ketones (excluding diaryl/α,β-unsaturated/α-hetero) is 1. The molecule has 2 aromatic carbocycles. The minimum Gasteiger partial charge on any atom is -0.455 e. The first kappa shape index (κ1) is 33.1. The molecule has 3 fully saturated rings. The Labute approximate surface area is 274 Å². The third-order valence-electron chi connectivity index (χ3n) is 11.6. The minimum atomic E-state index is -2.04. The molecule has 0 spiro atoms. The Hall–Kier alpha value is -3.86. The predicted molar refractivity (Wildman–Crippen MR) is 168 cm³/mol. The smallest absolute Gasteiger partial charge is 0.338 e. The number of carbonyl (C=O) groups is 4. The van der Waals surface area contributed by atoms with E-state index in [0.717, 1.165) is 0 Å². The van der Waals surface area contributed by atoms with E-state index in [1.165, 1.54) is 6.92 Å². The molecule has 6 rings (SSSR count). The summed E-state index contributed by atoms with van der Waals surface area (Å²) in [5.41, 5.74) is -5.31. The number of hydrogen-bond acceptors (Lipinski definition) is 10. The maximum absolute atomic E-state index is 15.2. The highest BCUT2D eigenvalue weighted by Gasteiger charge is 2.77. The molecule has 3 aliphatic carbocycles. The van der Waals surface area contributed by atoms with Gasteiger partial charge in [-0.2, -0.15) is 0 Å². The van der Waals surface area contributed by atoms with E-state index in [9.17, 15) is 24.6 Å². The van der Waals surface area contributed by atoms with Gasteiger partial charge in [-0.1, -0.05) is 64.1 Å². The maximum Gasteiger partial charge on any atom is 0.338 e. The van der Waals surface area contributed by atoms with Gasteiger partial charge < -0.3 is 29.2 Å². The molecule has 0 radical (unpaired) electrons. The van der Waals surface area contributed by atoms with Gasteiger partial charge in [-0.05, 0) is 54.7 Å². The Balaban J connectivity index is 1.63. The lowest BCUT2D eigenvalue weighted by Crippen LogP contribution is -2.80. The van der Waals surface area contributed by atoms with Crippen LogP contribution in [0.1, 0.15) is 75.1 Å². The summed E-state index contributed by atoms with van der Waals surface area (Å²) < 4.78 is 24.7. The number of aliphatic hydroxyl groups excluding tert-OH is 1. The van der Waals surface area contributed by atoms with Crippen LogP contribution in [0, 0.1) is 22.7 Å². The van der Waals surface area contributed by atoms with E-state index < -0.39 is 82.0 Å². The summed E-state index contributed by atoms with van der Waals surface area (Å²) in [7, 11) is 0. The predicted octanol–water partition coefficient (Wildman–Crippen LogP) is 4.22. The van der Waals surface area contributed by atoms with Crippen molar-refractivity contribution >= 4 is 23.7 Å². The van der Waals surface area contributed by atoms with Crippen LogP contribution in [0.4, 0.5) is 0 Å². The van der Waals surface area contributed by atoms with Gasteiger partial charge in [0.25, 0.3) is 0 Å². The maximum atomic E-state index is 15.2. The summed E-state index contributed by atoms with van der Waals surface area (Å²) in [6, 6.07) is 16.7. The molecule has 2 aromatic rings. The Morgan fingerprint density at radius 1 is 0.915 bits per heavy atom. The van der Waals surface area contributed by atoms with Crippen LogP contribution in [0.3, 0.4) is 0 Å². The van der Waals surface area contributed by atoms with Crippen molar-refractivity contribution in [3.8, 4) is 0 Å². The number of rotatable bonds is 5. The normalized spacial score (nSPS) is 37.2. The van der Waals surface area contributed by atoms with Gasteiger partial charge in [-0.15, -0.1) is 0 Å². The van der Waals surface area contributed by atoms with Crippen molar-refractivity contribution in [1.82, 2.24) is 0 Å². The fraction of sp³-hybridized carbons (Fsp3) is 0.514. The van der Waals surface area contributed by atoms with Crippen molar-refractivity contribution in [2.45, 2.75) is 90.0 Å². The molecule has 250 valence electrons. The molecular formula is C37H42O10. The second-order valence-electron chi connectivity index (χ2n) is 14.3. The number of ketones is 1. The zero-order valence-corrected chi connectivity index (χ0v) is 27.5. The van der Waals surface area contributed by atoms with Crippen LogP contribution in [0.2, 0.25) is 0 Å². The molecule has 4 aliphatic rings. The Bertz CT molecular complexity index is 1630. The molecule has 0 amide bonds. The first-order chi connectivity index (χ1) is 22.1. The van der Waals surface area contributed by atoms with E-state index in [1.54, 1.807) is 88.4 Å². The van der Waals surface area contributed by atoms with Crippen LogP contribution in [-0.2, 0) is 28.5 Å². The zero-order valence-electron chi connectivity index (χ0n) is 27.5. The third kappa shape index (κ3) is 4.78. The van der Waals surface area contributed by atoms with E-state index in [1.807, 2.05) is 6.92 Å². The topological polar surface area (TPSA) is 146 Å². The number of benzene rings is 2. The van der Waals surface area contributed by atoms with E-state index in [0.29, 0.717) is 12.0 Å². The summed E-state index contributed by atoms with van der Waals surface area (Å²) in [5.74, 6) is -4.28. The van der Waals surface area contributed by atoms with Gasteiger partial charge in [0.2, 0.25) is 0 Å². The average Bonchev–Trinajstić information content (AvgIpc) is 3.03. The molecule has 1 saturated heterocycles. The molecule has 1 heterocycles. The molecule has 9 atom stereocenters. The molecule has 10 heteroatoms. The van der Waals surface area contributed by atoms with Crippen LogP contribution < -0.4 is 0 Å². The van der Waals surface area contributed by atoms with E-state index in [2.05, 4.69) is 0 Å². The molecule has 9 unspecified atom stereocenters. The van der Waals surface area contributed by atoms with Gasteiger partial charge in [0.15, 0.2) is 17.5 Å². The molecule has 47 heavy (non-hydrogen) atoms. The first-order valence-corrected chi connectivity index (χ1v) is 16.1. The van der Waals surface area contributed by atoms with Crippen LogP contribution in [0.15, 0.2) is 71.8 Å². The summed E-state index contributed by atoms with van der Waals surface area (Å²) in [5, 5.41) is 24.6. The Morgan fingerprint density at radius 3 is 2.02 bits per heavy atom. The van der Waals surface area contributed by atoms with Crippen LogP contribution in [0.5, 0.6) is 0 Å². The molecule has 2 N–H and O–H groups in total. The number of carbonyl (C=O) groups excluding carboxylic acids is 4. The summed E-state index contributed by atoms with van der Waals surface area (Å²) in [6.45, 7) is 9.68. The largest absolute Gasteiger partial charge is 0.455 e. The fourth-order valence-electron chi connectivity index (χ4n) is 8.74. The lowest BCUT2D eigenvalue weighted by Gasteiger charge is -2.68. The second kappa shape index (κ2) is 11.4. The van der Waals surface area contributed by atoms with Crippen molar-refractivity contribution in [1.29, 1.82) is 0 Å².